The zero-order chi connectivity index (χ0) is 32.2. The van der Waals surface area contributed by atoms with Gasteiger partial charge in [0.2, 0.25) is 0 Å². The molecule has 1 saturated carbocycles. The van der Waals surface area contributed by atoms with Crippen LogP contribution >= 0.6 is 0 Å². The fraction of sp³-hybridized carbons (Fsp3) is 0.952. The monoisotopic (exact) mass is 626 g/mol. The van der Waals surface area contributed by atoms with Crippen LogP contribution in [0.1, 0.15) is 46.5 Å². The van der Waals surface area contributed by atoms with Crippen LogP contribution in [0.3, 0.4) is 0 Å². The van der Waals surface area contributed by atoms with Gasteiger partial charge in [0.05, 0.1) is 0 Å². The zero-order valence-corrected chi connectivity index (χ0v) is 21.3. The summed E-state index contributed by atoms with van der Waals surface area (Å²) in [5.74, 6) is -9.10. The molecule has 0 saturated heterocycles. The minimum Gasteiger partial charge on any atom is -0.459 e. The average molecular weight is 626 g/mol. The largest absolute Gasteiger partial charge is 0.459 e. The van der Waals surface area contributed by atoms with Gasteiger partial charge in [-0.05, 0) is 39.5 Å². The van der Waals surface area contributed by atoms with Crippen molar-refractivity contribution in [3.05, 3.63) is 0 Å². The molecule has 0 aromatic heterocycles. The van der Waals surface area contributed by atoms with E-state index in [2.05, 4.69) is 14.2 Å². The maximum Gasteiger partial charge on any atom is 0.426 e. The van der Waals surface area contributed by atoms with Crippen LogP contribution in [0, 0.1) is 17.3 Å². The van der Waals surface area contributed by atoms with Crippen molar-refractivity contribution >= 4 is 5.97 Å². The maximum atomic E-state index is 14.0. The highest BCUT2D eigenvalue weighted by Gasteiger charge is 2.80. The number of rotatable bonds is 7. The molecule has 0 N–H and O–H groups in total. The standard InChI is InChI=1S/C21H25F15O4/c1-6-14(3,17(22,23)24)12(37)40-13(2)8-10(15(38-4,18(25,26)27)19(28,29)30)7-11(9-13)16(39-5,20(31,32)33)21(34,35)36/h10-11H,6-9H2,1-5H3. The van der Waals surface area contributed by atoms with Crippen LogP contribution in [0.5, 0.6) is 0 Å². The minimum atomic E-state index is -6.52. The molecule has 0 aliphatic heterocycles. The van der Waals surface area contributed by atoms with Crippen LogP contribution in [-0.4, -0.2) is 67.9 Å². The summed E-state index contributed by atoms with van der Waals surface area (Å²) in [5, 5.41) is 0. The third kappa shape index (κ3) is 5.69. The minimum absolute atomic E-state index is 0.150. The molecule has 0 spiro atoms. The third-order valence-corrected chi connectivity index (χ3v) is 7.53. The molecule has 0 bridgehead atoms. The van der Waals surface area contributed by atoms with Crippen LogP contribution in [0.25, 0.3) is 0 Å². The molecule has 3 atom stereocenters. The Morgan fingerprint density at radius 2 is 0.975 bits per heavy atom. The lowest BCUT2D eigenvalue weighted by molar-refractivity contribution is -0.414. The molecular formula is C21H25F15O4. The lowest BCUT2D eigenvalue weighted by Crippen LogP contribution is -2.69. The van der Waals surface area contributed by atoms with Gasteiger partial charge in [0.1, 0.15) is 5.60 Å². The van der Waals surface area contributed by atoms with E-state index in [0.717, 1.165) is 6.92 Å². The van der Waals surface area contributed by atoms with Crippen molar-refractivity contribution in [2.75, 3.05) is 14.2 Å². The molecule has 1 fully saturated rings. The lowest BCUT2D eigenvalue weighted by Gasteiger charge is -2.53. The van der Waals surface area contributed by atoms with Crippen LogP contribution < -0.4 is 0 Å². The van der Waals surface area contributed by atoms with E-state index in [1.54, 1.807) is 0 Å². The third-order valence-electron chi connectivity index (χ3n) is 7.53. The topological polar surface area (TPSA) is 44.8 Å². The number of esters is 1. The first-order valence-corrected chi connectivity index (χ1v) is 11.1. The lowest BCUT2D eigenvalue weighted by atomic mass is 9.61. The molecule has 0 aromatic carbocycles. The van der Waals surface area contributed by atoms with Gasteiger partial charge in [0, 0.05) is 26.1 Å². The van der Waals surface area contributed by atoms with Crippen LogP contribution in [-0.2, 0) is 19.0 Å². The normalized spacial score (nSPS) is 25.9. The van der Waals surface area contributed by atoms with Gasteiger partial charge < -0.3 is 14.2 Å². The zero-order valence-electron chi connectivity index (χ0n) is 21.3. The van der Waals surface area contributed by atoms with E-state index in [-0.39, 0.29) is 21.1 Å². The number of methoxy groups -OCH3 is 2. The molecule has 19 heteroatoms. The van der Waals surface area contributed by atoms with Gasteiger partial charge in [-0.25, -0.2) is 0 Å². The number of halogens is 15. The van der Waals surface area contributed by atoms with Gasteiger partial charge in [0.15, 0.2) is 5.41 Å². The van der Waals surface area contributed by atoms with Gasteiger partial charge in [-0.3, -0.25) is 4.79 Å². The summed E-state index contributed by atoms with van der Waals surface area (Å²) in [4.78, 5) is 12.6. The second-order valence-corrected chi connectivity index (χ2v) is 9.93. The summed E-state index contributed by atoms with van der Waals surface area (Å²) >= 11 is 0. The molecule has 1 aliphatic carbocycles. The summed E-state index contributed by atoms with van der Waals surface area (Å²) < 4.78 is 220. The van der Waals surface area contributed by atoms with E-state index < -0.39 is 96.6 Å². The predicted octanol–water partition coefficient (Wildman–Crippen LogP) is 7.70. The SMILES string of the molecule is CCC(C)(C(=O)OC1(C)CC(C(OC)(C(F)(F)F)C(F)(F)F)CC(C(OC)(C(F)(F)F)C(F)(F)F)C1)C(F)(F)F. The van der Waals surface area contributed by atoms with E-state index >= 15 is 0 Å². The van der Waals surface area contributed by atoms with E-state index in [4.69, 9.17) is 0 Å². The van der Waals surface area contributed by atoms with Crippen molar-refractivity contribution in [2.24, 2.45) is 17.3 Å². The molecule has 0 aromatic rings. The number of ether oxygens (including phenoxy) is 3. The van der Waals surface area contributed by atoms with Crippen molar-refractivity contribution in [2.45, 2.75) is 94.1 Å². The first kappa shape index (κ1) is 36.4. The molecule has 3 unspecified atom stereocenters. The Morgan fingerprint density at radius 1 is 0.675 bits per heavy atom. The highest BCUT2D eigenvalue weighted by molar-refractivity contribution is 5.77. The number of alkyl halides is 15. The maximum absolute atomic E-state index is 14.0. The van der Waals surface area contributed by atoms with E-state index in [0.29, 0.717) is 6.92 Å². The molecule has 0 amide bonds. The van der Waals surface area contributed by atoms with Crippen LogP contribution in [0.15, 0.2) is 0 Å². The van der Waals surface area contributed by atoms with Gasteiger partial charge in [-0.2, -0.15) is 65.9 Å². The second kappa shape index (κ2) is 10.6. The highest BCUT2D eigenvalue weighted by atomic mass is 19.4. The summed E-state index contributed by atoms with van der Waals surface area (Å²) in [5.41, 5.74) is -17.5. The Hall–Kier alpha value is -1.66. The molecule has 40 heavy (non-hydrogen) atoms. The van der Waals surface area contributed by atoms with E-state index in [1.165, 1.54) is 0 Å². The van der Waals surface area contributed by atoms with Crippen molar-refractivity contribution in [1.29, 1.82) is 0 Å². The summed E-state index contributed by atoms with van der Waals surface area (Å²) in [7, 11) is -0.300. The fourth-order valence-electron chi connectivity index (χ4n) is 5.18. The average Bonchev–Trinajstić information content (AvgIpc) is 2.68. The fourth-order valence-corrected chi connectivity index (χ4v) is 5.18. The Morgan fingerprint density at radius 3 is 1.18 bits per heavy atom. The molecule has 4 nitrogen and oxygen atoms in total. The Kier molecular flexibility index (Phi) is 9.60. The quantitative estimate of drug-likeness (QED) is 0.215. The first-order chi connectivity index (χ1) is 17.5. The summed E-state index contributed by atoms with van der Waals surface area (Å²) in [6, 6.07) is 0. The Labute approximate surface area is 217 Å². The molecule has 1 rings (SSSR count). The van der Waals surface area contributed by atoms with E-state index in [1.807, 2.05) is 0 Å². The molecular weight excluding hydrogens is 601 g/mol. The van der Waals surface area contributed by atoms with Gasteiger partial charge >= 0.3 is 36.9 Å². The predicted molar refractivity (Wildman–Crippen MR) is 103 cm³/mol. The summed E-state index contributed by atoms with van der Waals surface area (Å²) in [6.45, 7) is 1.36. The van der Waals surface area contributed by atoms with Crippen LogP contribution in [0.2, 0.25) is 0 Å². The Balaban J connectivity index is 4.04. The molecule has 0 heterocycles. The van der Waals surface area contributed by atoms with Gasteiger partial charge in [0.25, 0.3) is 11.2 Å². The summed E-state index contributed by atoms with van der Waals surface area (Å²) in [6.07, 6.45) is -38.4. The highest BCUT2D eigenvalue weighted by Crippen LogP contribution is 2.62. The second-order valence-electron chi connectivity index (χ2n) is 9.93. The Bertz CT molecular complexity index is 824. The smallest absolute Gasteiger partial charge is 0.426 e. The van der Waals surface area contributed by atoms with Crippen molar-refractivity contribution < 1.29 is 84.9 Å². The van der Waals surface area contributed by atoms with Crippen LogP contribution in [0.4, 0.5) is 65.9 Å². The van der Waals surface area contributed by atoms with Gasteiger partial charge in [-0.1, -0.05) is 6.92 Å². The molecule has 1 aliphatic rings. The number of hydrogen-bond acceptors (Lipinski definition) is 4. The van der Waals surface area contributed by atoms with Crippen molar-refractivity contribution in [1.82, 2.24) is 0 Å². The number of carbonyl (C=O) groups is 1. The molecule has 238 valence electrons. The number of hydrogen-bond donors (Lipinski definition) is 0. The first-order valence-electron chi connectivity index (χ1n) is 11.1. The number of carbonyl (C=O) groups excluding carboxylic acids is 1. The van der Waals surface area contributed by atoms with Gasteiger partial charge in [-0.15, -0.1) is 0 Å². The van der Waals surface area contributed by atoms with Crippen molar-refractivity contribution in [3.8, 4) is 0 Å². The molecule has 0 radical (unpaired) electrons. The van der Waals surface area contributed by atoms with Crippen molar-refractivity contribution in [3.63, 3.8) is 0 Å². The van der Waals surface area contributed by atoms with E-state index in [9.17, 15) is 70.7 Å².